The first kappa shape index (κ1) is 19.3. The molecule has 3 atom stereocenters. The van der Waals surface area contributed by atoms with Crippen molar-refractivity contribution in [3.63, 3.8) is 0 Å². The number of aromatic nitrogens is 4. The summed E-state index contributed by atoms with van der Waals surface area (Å²) in [6, 6.07) is 0. The third-order valence-electron chi connectivity index (χ3n) is 4.10. The molecule has 0 bridgehead atoms. The van der Waals surface area contributed by atoms with Crippen molar-refractivity contribution in [1.82, 2.24) is 19.5 Å². The number of hydrogen-bond donors (Lipinski definition) is 1. The first-order valence-corrected chi connectivity index (χ1v) is 10.3. The van der Waals surface area contributed by atoms with E-state index in [4.69, 9.17) is 9.26 Å². The van der Waals surface area contributed by atoms with Crippen LogP contribution in [0.25, 0.3) is 11.2 Å². The molecule has 1 N–H and O–H groups in total. The van der Waals surface area contributed by atoms with Gasteiger partial charge in [-0.2, -0.15) is 0 Å². The van der Waals surface area contributed by atoms with Gasteiger partial charge < -0.3 is 9.84 Å². The summed E-state index contributed by atoms with van der Waals surface area (Å²) < 4.78 is 48.8. The summed E-state index contributed by atoms with van der Waals surface area (Å²) in [5.74, 6) is -0.252. The third kappa shape index (κ3) is 3.53. The maximum Gasteiger partial charge on any atom is 0.474 e. The van der Waals surface area contributed by atoms with Crippen molar-refractivity contribution in [2.45, 2.75) is 31.3 Å². The summed E-state index contributed by atoms with van der Waals surface area (Å²) in [6.45, 7) is 1.21. The van der Waals surface area contributed by atoms with Crippen LogP contribution >= 0.6 is 7.82 Å². The topological polar surface area (TPSA) is 118 Å². The van der Waals surface area contributed by atoms with Gasteiger partial charge in [0.2, 0.25) is 5.88 Å². The van der Waals surface area contributed by atoms with Crippen LogP contribution in [-0.4, -0.2) is 67.5 Å². The van der Waals surface area contributed by atoms with Crippen molar-refractivity contribution < 1.29 is 32.4 Å². The van der Waals surface area contributed by atoms with Gasteiger partial charge in [-0.1, -0.05) is 0 Å². The Morgan fingerprint density at radius 1 is 1.50 bits per heavy atom. The first-order valence-electron chi connectivity index (χ1n) is 7.79. The Bertz CT molecular complexity index is 857. The van der Waals surface area contributed by atoms with Crippen molar-refractivity contribution in [1.29, 1.82) is 0 Å². The highest BCUT2D eigenvalue weighted by atomic mass is 31.2. The molecule has 0 aromatic carbocycles. The van der Waals surface area contributed by atoms with E-state index in [1.165, 1.54) is 32.0 Å². The van der Waals surface area contributed by atoms with Gasteiger partial charge in [-0.15, -0.1) is 0 Å². The van der Waals surface area contributed by atoms with E-state index in [-0.39, 0.29) is 30.1 Å². The Hall–Kier alpha value is -1.43. The predicted octanol–water partition coefficient (Wildman–Crippen LogP) is -0.0442. The lowest BCUT2D eigenvalue weighted by atomic mass is 10.0. The zero-order chi connectivity index (χ0) is 19.1. The molecule has 144 valence electrons. The molecule has 0 amide bonds. The summed E-state index contributed by atoms with van der Waals surface area (Å²) in [5.41, 5.74) is -0.849. The van der Waals surface area contributed by atoms with E-state index in [1.54, 1.807) is 0 Å². The number of aromatic hydroxyl groups is 1. The molecule has 1 aliphatic rings. The maximum absolute atomic E-state index is 15.1. The van der Waals surface area contributed by atoms with Crippen molar-refractivity contribution in [3.8, 4) is 5.88 Å². The van der Waals surface area contributed by atoms with Gasteiger partial charge in [-0.3, -0.25) is 18.1 Å². The Balaban J connectivity index is 1.84. The molecule has 0 radical (unpaired) electrons. The molecule has 1 saturated heterocycles. The average Bonchev–Trinajstić information content (AvgIpc) is 3.12. The summed E-state index contributed by atoms with van der Waals surface area (Å²) in [5, 5.41) is 9.90. The summed E-state index contributed by atoms with van der Waals surface area (Å²) in [6.07, 6.45) is -0.380. The van der Waals surface area contributed by atoms with Crippen molar-refractivity contribution >= 4 is 34.7 Å². The van der Waals surface area contributed by atoms with Gasteiger partial charge in [0.05, 0.1) is 29.3 Å². The molecule has 2 aromatic heterocycles. The minimum atomic E-state index is -3.68. The normalized spacial score (nSPS) is 26.8. The molecule has 0 spiro atoms. The summed E-state index contributed by atoms with van der Waals surface area (Å²) in [4.78, 5) is 12.2. The zero-order valence-electron chi connectivity index (χ0n) is 14.7. The summed E-state index contributed by atoms with van der Waals surface area (Å²) in [7, 11) is -0.786. The van der Waals surface area contributed by atoms with Crippen LogP contribution in [0, 0.1) is 0 Å². The van der Waals surface area contributed by atoms with Crippen LogP contribution in [0.2, 0.25) is 0 Å². The standard InChI is InChI=1S/C13H20FN4O6PSi/c1-13(14)4-7(5-23-25(20,21-2)22-3)24-11(13)18-6-15-8-9(18)16-12(26)17-10(8)19/h6-7,11H,4-5H2,1-3,26H3,(H,16,17,19)/t7-,11+,13+/m0/s1. The van der Waals surface area contributed by atoms with E-state index in [1.807, 2.05) is 0 Å². The lowest BCUT2D eigenvalue weighted by molar-refractivity contribution is -0.0566. The van der Waals surface area contributed by atoms with Crippen LogP contribution in [0.4, 0.5) is 4.39 Å². The van der Waals surface area contributed by atoms with Crippen LogP contribution < -0.4 is 5.45 Å². The van der Waals surface area contributed by atoms with Gasteiger partial charge in [-0.05, 0) is 6.92 Å². The fourth-order valence-corrected chi connectivity index (χ4v) is 4.04. The molecular weight excluding hydrogens is 386 g/mol. The molecule has 1 aliphatic heterocycles. The molecule has 3 heterocycles. The molecular formula is C13H20FN4O6PSi. The number of fused-ring (bicyclic) bond motifs is 1. The summed E-state index contributed by atoms with van der Waals surface area (Å²) >= 11 is 0. The van der Waals surface area contributed by atoms with Crippen LogP contribution in [-0.2, 0) is 22.9 Å². The molecule has 13 heteroatoms. The molecule has 3 rings (SSSR count). The first-order chi connectivity index (χ1) is 12.2. The van der Waals surface area contributed by atoms with E-state index in [9.17, 15) is 9.67 Å². The largest absolute Gasteiger partial charge is 0.492 e. The Morgan fingerprint density at radius 2 is 2.19 bits per heavy atom. The molecule has 1 fully saturated rings. The number of ether oxygens (including phenoxy) is 1. The van der Waals surface area contributed by atoms with E-state index in [0.717, 1.165) is 0 Å². The molecule has 26 heavy (non-hydrogen) atoms. The lowest BCUT2D eigenvalue weighted by Gasteiger charge is -2.22. The average molecular weight is 406 g/mol. The minimum Gasteiger partial charge on any atom is -0.492 e. The van der Waals surface area contributed by atoms with E-state index in [2.05, 4.69) is 24.0 Å². The fourth-order valence-electron chi connectivity index (χ4n) is 2.91. The smallest absolute Gasteiger partial charge is 0.474 e. The second kappa shape index (κ2) is 6.95. The zero-order valence-corrected chi connectivity index (χ0v) is 17.6. The van der Waals surface area contributed by atoms with Crippen LogP contribution in [0.1, 0.15) is 19.6 Å². The number of phosphoric acid groups is 1. The van der Waals surface area contributed by atoms with Gasteiger partial charge in [0, 0.05) is 20.6 Å². The number of hydrogen-bond acceptors (Lipinski definition) is 9. The van der Waals surface area contributed by atoms with E-state index >= 15 is 4.39 Å². The third-order valence-corrected chi connectivity index (χ3v) is 5.90. The predicted molar refractivity (Wildman–Crippen MR) is 92.2 cm³/mol. The van der Waals surface area contributed by atoms with Crippen LogP contribution in [0.3, 0.4) is 0 Å². The molecule has 0 saturated carbocycles. The number of phosphoric ester groups is 1. The highest BCUT2D eigenvalue weighted by Crippen LogP contribution is 2.49. The molecule has 10 nitrogen and oxygen atoms in total. The van der Waals surface area contributed by atoms with Gasteiger partial charge in [0.1, 0.15) is 5.45 Å². The van der Waals surface area contributed by atoms with E-state index < -0.39 is 25.8 Å². The Morgan fingerprint density at radius 3 is 2.85 bits per heavy atom. The second-order valence-corrected chi connectivity index (χ2v) is 8.90. The number of halogens is 1. The molecule has 0 unspecified atom stereocenters. The Kier molecular flexibility index (Phi) is 5.16. The van der Waals surface area contributed by atoms with Crippen LogP contribution in [0.15, 0.2) is 6.33 Å². The van der Waals surface area contributed by atoms with Crippen molar-refractivity contribution in [2.24, 2.45) is 0 Å². The van der Waals surface area contributed by atoms with Crippen LogP contribution in [0.5, 0.6) is 5.88 Å². The number of alkyl halides is 1. The number of nitrogens with zero attached hydrogens (tertiary/aromatic N) is 4. The van der Waals surface area contributed by atoms with Crippen molar-refractivity contribution in [3.05, 3.63) is 6.33 Å². The lowest BCUT2D eigenvalue weighted by Crippen LogP contribution is -2.28. The van der Waals surface area contributed by atoms with E-state index in [0.29, 0.717) is 15.7 Å². The Labute approximate surface area is 151 Å². The molecule has 0 aliphatic carbocycles. The number of imidazole rings is 1. The monoisotopic (exact) mass is 406 g/mol. The molecule has 2 aromatic rings. The van der Waals surface area contributed by atoms with Crippen molar-refractivity contribution in [2.75, 3.05) is 20.8 Å². The van der Waals surface area contributed by atoms with Gasteiger partial charge in [0.15, 0.2) is 23.1 Å². The second-order valence-electron chi connectivity index (χ2n) is 6.12. The quantitative estimate of drug-likeness (QED) is 0.521. The fraction of sp³-hybridized carbons (Fsp3) is 0.615. The SMILES string of the molecule is COP(=O)(OC)OC[C@@H]1C[C@@](C)(F)[C@H](n2cnc3c(O)nc([SiH3])nc32)O1. The van der Waals surface area contributed by atoms with Gasteiger partial charge in [0.25, 0.3) is 0 Å². The highest BCUT2D eigenvalue weighted by molar-refractivity contribution is 7.48. The maximum atomic E-state index is 15.1. The minimum absolute atomic E-state index is 0.00440. The van der Waals surface area contributed by atoms with Gasteiger partial charge >= 0.3 is 7.82 Å². The highest BCUT2D eigenvalue weighted by Gasteiger charge is 2.48. The number of rotatable bonds is 6. The van der Waals surface area contributed by atoms with Gasteiger partial charge in [-0.25, -0.2) is 23.9 Å².